The molecule has 1 fully saturated rings. The van der Waals surface area contributed by atoms with Crippen LogP contribution in [0.2, 0.25) is 0 Å². The molecule has 0 aromatic heterocycles. The highest BCUT2D eigenvalue weighted by molar-refractivity contribution is 5.76. The Balaban J connectivity index is 2.26. The molecule has 1 aliphatic carbocycles. The quantitative estimate of drug-likeness (QED) is 0.760. The standard InChI is InChI=1S/C13H22F3NO2/c1-19-8-3-2-7-12(18)17-11-6-4-5-10(9-11)13(14,15)16/h10-11H,2-9H2,1H3,(H,17,18). The van der Waals surface area contributed by atoms with E-state index in [1.807, 2.05) is 0 Å². The van der Waals surface area contributed by atoms with Gasteiger partial charge in [0.15, 0.2) is 0 Å². The smallest absolute Gasteiger partial charge is 0.385 e. The molecule has 0 aliphatic heterocycles. The number of rotatable bonds is 6. The largest absolute Gasteiger partial charge is 0.391 e. The van der Waals surface area contributed by atoms with Crippen LogP contribution in [0, 0.1) is 5.92 Å². The van der Waals surface area contributed by atoms with Gasteiger partial charge in [-0.25, -0.2) is 0 Å². The maximum atomic E-state index is 12.6. The normalized spacial score (nSPS) is 24.2. The Morgan fingerprint density at radius 2 is 2.05 bits per heavy atom. The van der Waals surface area contributed by atoms with Crippen LogP contribution in [0.15, 0.2) is 0 Å². The number of carbonyl (C=O) groups excluding carboxylic acids is 1. The monoisotopic (exact) mass is 281 g/mol. The van der Waals surface area contributed by atoms with Gasteiger partial charge in [-0.05, 0) is 32.1 Å². The van der Waals surface area contributed by atoms with Gasteiger partial charge in [0.1, 0.15) is 0 Å². The Bertz CT molecular complexity index is 282. The molecule has 0 radical (unpaired) electrons. The fourth-order valence-electron chi connectivity index (χ4n) is 2.45. The zero-order valence-electron chi connectivity index (χ0n) is 11.3. The lowest BCUT2D eigenvalue weighted by Crippen LogP contribution is -2.41. The third-order valence-electron chi connectivity index (χ3n) is 3.50. The van der Waals surface area contributed by atoms with E-state index in [-0.39, 0.29) is 24.8 Å². The second-order valence-corrected chi connectivity index (χ2v) is 5.12. The fraction of sp³-hybridized carbons (Fsp3) is 0.923. The minimum absolute atomic E-state index is 0.0211. The highest BCUT2D eigenvalue weighted by Crippen LogP contribution is 2.37. The van der Waals surface area contributed by atoms with E-state index in [0.717, 1.165) is 6.42 Å². The Labute approximate surface area is 111 Å². The Morgan fingerprint density at radius 3 is 2.68 bits per heavy atom. The van der Waals surface area contributed by atoms with Crippen molar-refractivity contribution >= 4 is 5.91 Å². The first-order chi connectivity index (χ1) is 8.93. The third kappa shape index (κ3) is 6.27. The molecule has 2 atom stereocenters. The van der Waals surface area contributed by atoms with Crippen molar-refractivity contribution in [3.05, 3.63) is 0 Å². The number of unbranched alkanes of at least 4 members (excludes halogenated alkanes) is 1. The molecule has 0 saturated heterocycles. The molecule has 0 aromatic rings. The molecule has 112 valence electrons. The summed E-state index contributed by atoms with van der Waals surface area (Å²) in [5, 5.41) is 2.72. The molecule has 19 heavy (non-hydrogen) atoms. The lowest BCUT2D eigenvalue weighted by atomic mass is 9.85. The van der Waals surface area contributed by atoms with Gasteiger partial charge in [-0.1, -0.05) is 6.42 Å². The predicted molar refractivity (Wildman–Crippen MR) is 65.7 cm³/mol. The number of ether oxygens (including phenoxy) is 1. The highest BCUT2D eigenvalue weighted by Gasteiger charge is 2.42. The van der Waals surface area contributed by atoms with Crippen molar-refractivity contribution in [2.75, 3.05) is 13.7 Å². The number of hydrogen-bond acceptors (Lipinski definition) is 2. The molecule has 1 rings (SSSR count). The van der Waals surface area contributed by atoms with Crippen LogP contribution in [0.25, 0.3) is 0 Å². The third-order valence-corrected chi connectivity index (χ3v) is 3.50. The number of nitrogens with one attached hydrogen (secondary N) is 1. The molecule has 0 heterocycles. The average Bonchev–Trinajstić information content (AvgIpc) is 2.34. The van der Waals surface area contributed by atoms with Gasteiger partial charge in [0.2, 0.25) is 5.91 Å². The second-order valence-electron chi connectivity index (χ2n) is 5.12. The van der Waals surface area contributed by atoms with Crippen LogP contribution in [0.3, 0.4) is 0 Å². The van der Waals surface area contributed by atoms with Gasteiger partial charge in [-0.2, -0.15) is 13.2 Å². The fourth-order valence-corrected chi connectivity index (χ4v) is 2.45. The van der Waals surface area contributed by atoms with E-state index in [1.165, 1.54) is 0 Å². The van der Waals surface area contributed by atoms with Crippen LogP contribution >= 0.6 is 0 Å². The van der Waals surface area contributed by atoms with Crippen molar-refractivity contribution in [2.24, 2.45) is 5.92 Å². The van der Waals surface area contributed by atoms with Gasteiger partial charge in [0.05, 0.1) is 5.92 Å². The van der Waals surface area contributed by atoms with Crippen molar-refractivity contribution in [3.8, 4) is 0 Å². The van der Waals surface area contributed by atoms with Crippen LogP contribution < -0.4 is 5.32 Å². The van der Waals surface area contributed by atoms with E-state index in [9.17, 15) is 18.0 Å². The summed E-state index contributed by atoms with van der Waals surface area (Å²) in [4.78, 5) is 11.6. The molecule has 0 aromatic carbocycles. The van der Waals surface area contributed by atoms with Gasteiger partial charge in [0.25, 0.3) is 0 Å². The van der Waals surface area contributed by atoms with Crippen molar-refractivity contribution in [2.45, 2.75) is 57.2 Å². The lowest BCUT2D eigenvalue weighted by Gasteiger charge is -2.31. The van der Waals surface area contributed by atoms with Crippen LogP contribution in [0.4, 0.5) is 13.2 Å². The molecular weight excluding hydrogens is 259 g/mol. The van der Waals surface area contributed by atoms with Gasteiger partial charge in [-0.15, -0.1) is 0 Å². The minimum atomic E-state index is -4.14. The zero-order valence-corrected chi connectivity index (χ0v) is 11.3. The number of alkyl halides is 3. The maximum absolute atomic E-state index is 12.6. The number of amides is 1. The molecule has 6 heteroatoms. The molecule has 2 unspecified atom stereocenters. The number of hydrogen-bond donors (Lipinski definition) is 1. The van der Waals surface area contributed by atoms with Crippen molar-refractivity contribution in [1.82, 2.24) is 5.32 Å². The van der Waals surface area contributed by atoms with Crippen LogP contribution in [-0.4, -0.2) is 31.8 Å². The summed E-state index contributed by atoms with van der Waals surface area (Å²) in [6, 6.07) is -0.324. The molecule has 3 nitrogen and oxygen atoms in total. The predicted octanol–water partition coefficient (Wildman–Crippen LogP) is 3.04. The van der Waals surface area contributed by atoms with E-state index in [0.29, 0.717) is 32.3 Å². The van der Waals surface area contributed by atoms with E-state index in [2.05, 4.69) is 5.32 Å². The van der Waals surface area contributed by atoms with Crippen LogP contribution in [0.5, 0.6) is 0 Å². The minimum Gasteiger partial charge on any atom is -0.385 e. The highest BCUT2D eigenvalue weighted by atomic mass is 19.4. The zero-order chi connectivity index (χ0) is 14.3. The Hall–Kier alpha value is -0.780. The Kier molecular flexibility index (Phi) is 6.62. The summed E-state index contributed by atoms with van der Waals surface area (Å²) in [6.45, 7) is 0.604. The summed E-state index contributed by atoms with van der Waals surface area (Å²) in [6.07, 6.45) is -0.903. The van der Waals surface area contributed by atoms with Crippen molar-refractivity contribution < 1.29 is 22.7 Å². The Morgan fingerprint density at radius 1 is 1.32 bits per heavy atom. The molecule has 0 spiro atoms. The summed E-state index contributed by atoms with van der Waals surface area (Å²) in [5.74, 6) is -1.41. The number of halogens is 3. The topological polar surface area (TPSA) is 38.3 Å². The van der Waals surface area contributed by atoms with Crippen LogP contribution in [0.1, 0.15) is 44.9 Å². The van der Waals surface area contributed by atoms with E-state index < -0.39 is 12.1 Å². The lowest BCUT2D eigenvalue weighted by molar-refractivity contribution is -0.184. The van der Waals surface area contributed by atoms with Gasteiger partial charge >= 0.3 is 6.18 Å². The van der Waals surface area contributed by atoms with Gasteiger partial charge in [-0.3, -0.25) is 4.79 Å². The molecule has 1 aliphatic rings. The van der Waals surface area contributed by atoms with Crippen molar-refractivity contribution in [3.63, 3.8) is 0 Å². The number of carbonyl (C=O) groups is 1. The molecule has 0 bridgehead atoms. The van der Waals surface area contributed by atoms with Crippen molar-refractivity contribution in [1.29, 1.82) is 0 Å². The van der Waals surface area contributed by atoms with Gasteiger partial charge < -0.3 is 10.1 Å². The summed E-state index contributed by atoms with van der Waals surface area (Å²) < 4.78 is 42.7. The molecular formula is C13H22F3NO2. The SMILES string of the molecule is COCCCCC(=O)NC1CCCC(C(F)(F)F)C1. The summed E-state index contributed by atoms with van der Waals surface area (Å²) in [7, 11) is 1.60. The summed E-state index contributed by atoms with van der Waals surface area (Å²) in [5.41, 5.74) is 0. The molecule has 1 N–H and O–H groups in total. The molecule has 1 saturated carbocycles. The van der Waals surface area contributed by atoms with E-state index in [4.69, 9.17) is 4.74 Å². The maximum Gasteiger partial charge on any atom is 0.391 e. The molecule has 1 amide bonds. The summed E-state index contributed by atoms with van der Waals surface area (Å²) >= 11 is 0. The first kappa shape index (κ1) is 16.3. The first-order valence-electron chi connectivity index (χ1n) is 6.78. The number of methoxy groups -OCH3 is 1. The second kappa shape index (κ2) is 7.72. The van der Waals surface area contributed by atoms with Gasteiger partial charge in [0, 0.05) is 26.2 Å². The average molecular weight is 281 g/mol. The first-order valence-corrected chi connectivity index (χ1v) is 6.78. The van der Waals surface area contributed by atoms with E-state index in [1.54, 1.807) is 7.11 Å². The van der Waals surface area contributed by atoms with E-state index >= 15 is 0 Å². The van der Waals surface area contributed by atoms with Crippen LogP contribution in [-0.2, 0) is 9.53 Å².